The second kappa shape index (κ2) is 8.18. The predicted molar refractivity (Wildman–Crippen MR) is 132 cm³/mol. The fourth-order valence-corrected chi connectivity index (χ4v) is 3.62. The van der Waals surface area contributed by atoms with E-state index in [9.17, 15) is 0 Å². The van der Waals surface area contributed by atoms with Gasteiger partial charge in [-0.15, -0.1) is 0 Å². The highest BCUT2D eigenvalue weighted by molar-refractivity contribution is 6.62. The molecule has 1 aliphatic rings. The van der Waals surface area contributed by atoms with Gasteiger partial charge in [-0.2, -0.15) is 0 Å². The molecule has 3 aromatic rings. The van der Waals surface area contributed by atoms with E-state index in [1.807, 2.05) is 12.1 Å². The minimum atomic E-state index is -0.361. The van der Waals surface area contributed by atoms with E-state index in [1.54, 1.807) is 0 Å². The predicted octanol–water partition coefficient (Wildman–Crippen LogP) is 4.68. The van der Waals surface area contributed by atoms with Crippen LogP contribution in [-0.2, 0) is 9.31 Å². The van der Waals surface area contributed by atoms with E-state index in [-0.39, 0.29) is 18.3 Å². The fourth-order valence-electron chi connectivity index (χ4n) is 3.62. The molecule has 1 saturated heterocycles. The number of hydrogen-bond acceptors (Lipinski definition) is 2. The summed E-state index contributed by atoms with van der Waals surface area (Å²) < 4.78 is 12.4. The third-order valence-corrected chi connectivity index (χ3v) is 6.36. The molecule has 3 aromatic carbocycles. The summed E-state index contributed by atoms with van der Waals surface area (Å²) >= 11 is 0. The van der Waals surface area contributed by atoms with Crippen LogP contribution in [0.4, 0.5) is 0 Å². The first-order valence-corrected chi connectivity index (χ1v) is 10.7. The largest absolute Gasteiger partial charge is 0.494 e. The molecule has 0 N–H and O–H groups in total. The Morgan fingerprint density at radius 3 is 1.74 bits per heavy atom. The van der Waals surface area contributed by atoms with Gasteiger partial charge in [-0.1, -0.05) is 83.8 Å². The molecule has 0 atom stereocenters. The average Bonchev–Trinajstić information content (AvgIpc) is 2.96. The van der Waals surface area contributed by atoms with E-state index < -0.39 is 0 Å². The summed E-state index contributed by atoms with van der Waals surface area (Å²) in [5, 5.41) is 0. The summed E-state index contributed by atoms with van der Waals surface area (Å²) in [7, 11) is 5.56. The molecule has 4 heteroatoms. The molecule has 0 spiro atoms. The summed E-state index contributed by atoms with van der Waals surface area (Å²) in [6.45, 7) is 10.4. The molecule has 0 bridgehead atoms. The topological polar surface area (TPSA) is 18.5 Å². The number of rotatable bonds is 4. The zero-order chi connectivity index (χ0) is 22.2. The van der Waals surface area contributed by atoms with Crippen LogP contribution in [-0.4, -0.2) is 26.2 Å². The lowest BCUT2D eigenvalue weighted by molar-refractivity contribution is 0.00578. The van der Waals surface area contributed by atoms with Crippen molar-refractivity contribution in [2.45, 2.75) is 45.8 Å². The Kier molecular flexibility index (Phi) is 5.72. The second-order valence-electron chi connectivity index (χ2n) is 9.30. The maximum atomic E-state index is 6.20. The molecule has 0 saturated carbocycles. The van der Waals surface area contributed by atoms with Crippen molar-refractivity contribution in [2.24, 2.45) is 0 Å². The normalized spacial score (nSPS) is 17.7. The van der Waals surface area contributed by atoms with Crippen LogP contribution in [0.2, 0.25) is 0 Å². The Balaban J connectivity index is 1.69. The zero-order valence-electron chi connectivity index (χ0n) is 19.0. The minimum Gasteiger partial charge on any atom is -0.399 e. The molecule has 1 heterocycles. The maximum absolute atomic E-state index is 6.20. The van der Waals surface area contributed by atoms with Gasteiger partial charge in [0.25, 0.3) is 0 Å². The van der Waals surface area contributed by atoms with Gasteiger partial charge in [0.05, 0.1) is 11.2 Å². The van der Waals surface area contributed by atoms with E-state index in [4.69, 9.17) is 17.2 Å². The van der Waals surface area contributed by atoms with E-state index >= 15 is 0 Å². The third-order valence-electron chi connectivity index (χ3n) is 6.36. The highest BCUT2D eigenvalue weighted by Crippen LogP contribution is 2.36. The molecule has 2 nitrogen and oxygen atoms in total. The van der Waals surface area contributed by atoms with Crippen molar-refractivity contribution in [3.8, 4) is 0 Å². The highest BCUT2D eigenvalue weighted by Gasteiger charge is 2.51. The molecular formula is C27H28B2O2. The Morgan fingerprint density at radius 2 is 1.23 bits per heavy atom. The van der Waals surface area contributed by atoms with Crippen molar-refractivity contribution in [1.82, 2.24) is 0 Å². The molecule has 0 unspecified atom stereocenters. The van der Waals surface area contributed by atoms with E-state index in [1.165, 1.54) is 5.56 Å². The zero-order valence-corrected chi connectivity index (χ0v) is 19.0. The van der Waals surface area contributed by atoms with Crippen LogP contribution in [0.5, 0.6) is 0 Å². The van der Waals surface area contributed by atoms with Gasteiger partial charge in [0.15, 0.2) is 0 Å². The number of aryl methyl sites for hydroxylation is 1. The molecule has 1 fully saturated rings. The fraction of sp³-hybridized carbons (Fsp3) is 0.259. The lowest BCUT2D eigenvalue weighted by Gasteiger charge is -2.32. The van der Waals surface area contributed by atoms with Gasteiger partial charge < -0.3 is 9.31 Å². The van der Waals surface area contributed by atoms with Gasteiger partial charge in [-0.05, 0) is 68.4 Å². The first kappa shape index (κ1) is 21.7. The van der Waals surface area contributed by atoms with Crippen molar-refractivity contribution in [1.29, 1.82) is 0 Å². The van der Waals surface area contributed by atoms with E-state index in [2.05, 4.69) is 101 Å². The molecule has 1 aliphatic heterocycles. The van der Waals surface area contributed by atoms with Crippen molar-refractivity contribution < 1.29 is 9.31 Å². The molecule has 2 radical (unpaired) electrons. The van der Waals surface area contributed by atoms with Crippen LogP contribution in [0.3, 0.4) is 0 Å². The van der Waals surface area contributed by atoms with Crippen LogP contribution in [0, 0.1) is 6.92 Å². The smallest absolute Gasteiger partial charge is 0.399 e. The van der Waals surface area contributed by atoms with Gasteiger partial charge in [0, 0.05) is 0 Å². The Hall–Kier alpha value is -2.55. The van der Waals surface area contributed by atoms with E-state index in [0.717, 1.165) is 33.2 Å². The molecular weight excluding hydrogens is 378 g/mol. The van der Waals surface area contributed by atoms with Gasteiger partial charge in [-0.25, -0.2) is 0 Å². The highest BCUT2D eigenvalue weighted by atomic mass is 16.7. The molecule has 0 aliphatic carbocycles. The van der Waals surface area contributed by atoms with Crippen molar-refractivity contribution in [2.75, 3.05) is 0 Å². The second-order valence-corrected chi connectivity index (χ2v) is 9.30. The molecule has 4 rings (SSSR count). The van der Waals surface area contributed by atoms with Gasteiger partial charge >= 0.3 is 7.12 Å². The summed E-state index contributed by atoms with van der Waals surface area (Å²) in [4.78, 5) is 0. The van der Waals surface area contributed by atoms with Crippen LogP contribution < -0.4 is 10.9 Å². The lowest BCUT2D eigenvalue weighted by atomic mass is 9.78. The standard InChI is InChI=1S/C27H28B2O2/c1-19-6-8-20(9-7-19)18-25(21-10-14-23(28)15-11-21)22-12-16-24(17-13-22)29-30-26(2,3)27(4,5)31-29/h6-18H,1-5H3/b25-18-. The Bertz CT molecular complexity index is 1060. The minimum absolute atomic E-state index is 0.350. The van der Waals surface area contributed by atoms with Crippen LogP contribution >= 0.6 is 0 Å². The summed E-state index contributed by atoms with van der Waals surface area (Å²) in [6.07, 6.45) is 2.22. The van der Waals surface area contributed by atoms with Crippen LogP contribution in [0.15, 0.2) is 72.8 Å². The molecule has 0 aromatic heterocycles. The average molecular weight is 406 g/mol. The molecule has 31 heavy (non-hydrogen) atoms. The lowest BCUT2D eigenvalue weighted by Crippen LogP contribution is -2.41. The Morgan fingerprint density at radius 1 is 0.742 bits per heavy atom. The van der Waals surface area contributed by atoms with Crippen LogP contribution in [0.1, 0.15) is 49.9 Å². The van der Waals surface area contributed by atoms with Crippen LogP contribution in [0.25, 0.3) is 11.6 Å². The van der Waals surface area contributed by atoms with Gasteiger partial charge in [-0.3, -0.25) is 0 Å². The summed E-state index contributed by atoms with van der Waals surface area (Å²) in [6, 6.07) is 25.0. The SMILES string of the molecule is [B]c1ccc(/C(=C/c2ccc(C)cc2)c2ccc(B3OC(C)(C)C(C)(C)O3)cc2)cc1. The van der Waals surface area contributed by atoms with Gasteiger partial charge in [0.1, 0.15) is 7.85 Å². The third kappa shape index (κ3) is 4.56. The number of benzene rings is 3. The first-order valence-electron chi connectivity index (χ1n) is 10.7. The number of hydrogen-bond donors (Lipinski definition) is 0. The quantitative estimate of drug-likeness (QED) is 0.463. The maximum Gasteiger partial charge on any atom is 0.494 e. The van der Waals surface area contributed by atoms with Crippen molar-refractivity contribution >= 4 is 37.5 Å². The van der Waals surface area contributed by atoms with E-state index in [0.29, 0.717) is 0 Å². The Labute approximate surface area is 187 Å². The van der Waals surface area contributed by atoms with Crippen molar-refractivity contribution in [3.63, 3.8) is 0 Å². The summed E-state index contributed by atoms with van der Waals surface area (Å²) in [5.74, 6) is 0. The molecule has 0 amide bonds. The van der Waals surface area contributed by atoms with Gasteiger partial charge in [0.2, 0.25) is 0 Å². The first-order chi connectivity index (χ1) is 14.6. The monoisotopic (exact) mass is 406 g/mol. The summed E-state index contributed by atoms with van der Waals surface area (Å²) in [5.41, 5.74) is 6.88. The molecule has 154 valence electrons. The van der Waals surface area contributed by atoms with Crippen molar-refractivity contribution in [3.05, 3.63) is 95.1 Å².